The first-order chi connectivity index (χ1) is 13.3. The van der Waals surface area contributed by atoms with Crippen molar-refractivity contribution in [3.63, 3.8) is 0 Å². The van der Waals surface area contributed by atoms with E-state index in [0.29, 0.717) is 16.3 Å². The van der Waals surface area contributed by atoms with Crippen LogP contribution in [0.1, 0.15) is 5.56 Å². The van der Waals surface area contributed by atoms with Crippen molar-refractivity contribution >= 4 is 58.4 Å². The van der Waals surface area contributed by atoms with Crippen LogP contribution in [0.5, 0.6) is 5.75 Å². The van der Waals surface area contributed by atoms with Gasteiger partial charge >= 0.3 is 0 Å². The largest absolute Gasteiger partial charge is 0.482 e. The molecule has 10 heteroatoms. The molecule has 0 radical (unpaired) electrons. The van der Waals surface area contributed by atoms with Crippen LogP contribution >= 0.6 is 35.4 Å². The lowest BCUT2D eigenvalue weighted by atomic mass is 10.2. The molecule has 0 aliphatic carbocycles. The third kappa shape index (κ3) is 7.51. The summed E-state index contributed by atoms with van der Waals surface area (Å²) in [7, 11) is 0. The van der Waals surface area contributed by atoms with Gasteiger partial charge in [-0.2, -0.15) is 0 Å². The summed E-state index contributed by atoms with van der Waals surface area (Å²) < 4.78 is 18.1. The highest BCUT2D eigenvalue weighted by Crippen LogP contribution is 2.27. The minimum atomic E-state index is -0.551. The number of carbonyl (C=O) groups excluding carboxylic acids is 2. The van der Waals surface area contributed by atoms with Crippen molar-refractivity contribution in [3.05, 3.63) is 70.0 Å². The zero-order valence-electron chi connectivity index (χ0n) is 14.2. The SMILES string of the molecule is O=C(/C=C/c1ccc(F)cc1)NC(=S)NNC(=O)COc1ccc(Cl)cc1Cl. The number of hydrogen-bond acceptors (Lipinski definition) is 4. The predicted molar refractivity (Wildman–Crippen MR) is 109 cm³/mol. The Morgan fingerprint density at radius 1 is 1.11 bits per heavy atom. The second-order valence-corrected chi connectivity index (χ2v) is 6.49. The molecule has 3 N–H and O–H groups in total. The molecule has 0 aromatic heterocycles. The van der Waals surface area contributed by atoms with E-state index in [4.69, 9.17) is 40.2 Å². The van der Waals surface area contributed by atoms with Gasteiger partial charge < -0.3 is 4.74 Å². The molecule has 6 nitrogen and oxygen atoms in total. The first-order valence-electron chi connectivity index (χ1n) is 7.75. The summed E-state index contributed by atoms with van der Waals surface area (Å²) in [6.07, 6.45) is 2.70. The Morgan fingerprint density at radius 2 is 1.82 bits per heavy atom. The zero-order chi connectivity index (χ0) is 20.5. The van der Waals surface area contributed by atoms with E-state index in [1.807, 2.05) is 0 Å². The van der Waals surface area contributed by atoms with Gasteiger partial charge in [-0.15, -0.1) is 0 Å². The van der Waals surface area contributed by atoms with Crippen LogP contribution in [0.4, 0.5) is 4.39 Å². The number of amides is 2. The highest BCUT2D eigenvalue weighted by molar-refractivity contribution is 7.80. The molecule has 146 valence electrons. The molecule has 0 aliphatic rings. The van der Waals surface area contributed by atoms with E-state index in [1.54, 1.807) is 6.07 Å². The number of hydrazine groups is 1. The second kappa shape index (κ2) is 10.6. The Hall–Kier alpha value is -2.68. The minimum Gasteiger partial charge on any atom is -0.482 e. The van der Waals surface area contributed by atoms with Crippen LogP contribution < -0.4 is 20.9 Å². The van der Waals surface area contributed by atoms with Crippen molar-refractivity contribution < 1.29 is 18.7 Å². The van der Waals surface area contributed by atoms with E-state index >= 15 is 0 Å². The molecule has 0 fully saturated rings. The van der Waals surface area contributed by atoms with Crippen LogP contribution in [-0.4, -0.2) is 23.5 Å². The molecule has 0 atom stereocenters. The number of benzene rings is 2. The van der Waals surface area contributed by atoms with Gasteiger partial charge in [-0.3, -0.25) is 25.8 Å². The van der Waals surface area contributed by atoms with Crippen LogP contribution in [0.2, 0.25) is 10.0 Å². The number of thiocarbonyl (C=S) groups is 1. The molecule has 0 saturated heterocycles. The molecule has 0 aliphatic heterocycles. The number of hydrogen-bond donors (Lipinski definition) is 3. The van der Waals surface area contributed by atoms with E-state index in [1.165, 1.54) is 48.6 Å². The van der Waals surface area contributed by atoms with Gasteiger partial charge in [0.15, 0.2) is 11.7 Å². The summed E-state index contributed by atoms with van der Waals surface area (Å²) in [5.74, 6) is -1.15. The Labute approximate surface area is 175 Å². The highest BCUT2D eigenvalue weighted by Gasteiger charge is 2.07. The predicted octanol–water partition coefficient (Wildman–Crippen LogP) is 3.25. The average molecular weight is 442 g/mol. The molecule has 0 saturated carbocycles. The van der Waals surface area contributed by atoms with E-state index < -0.39 is 11.8 Å². The molecular weight excluding hydrogens is 428 g/mol. The van der Waals surface area contributed by atoms with Crippen molar-refractivity contribution in [1.82, 2.24) is 16.2 Å². The normalized spacial score (nSPS) is 10.4. The van der Waals surface area contributed by atoms with Crippen LogP contribution in [0.15, 0.2) is 48.5 Å². The fourth-order valence-corrected chi connectivity index (χ4v) is 2.44. The van der Waals surface area contributed by atoms with E-state index in [-0.39, 0.29) is 22.6 Å². The molecule has 2 aromatic rings. The maximum atomic E-state index is 12.8. The third-order valence-corrected chi connectivity index (χ3v) is 3.84. The lowest BCUT2D eigenvalue weighted by Gasteiger charge is -2.11. The number of ether oxygens (including phenoxy) is 1. The van der Waals surface area contributed by atoms with Crippen LogP contribution in [0, 0.1) is 5.82 Å². The monoisotopic (exact) mass is 441 g/mol. The maximum absolute atomic E-state index is 12.8. The van der Waals surface area contributed by atoms with Crippen molar-refractivity contribution in [3.8, 4) is 5.75 Å². The molecule has 28 heavy (non-hydrogen) atoms. The Morgan fingerprint density at radius 3 is 2.50 bits per heavy atom. The quantitative estimate of drug-likeness (QED) is 0.377. The van der Waals surface area contributed by atoms with Gasteiger partial charge in [0.2, 0.25) is 5.91 Å². The number of halogens is 3. The van der Waals surface area contributed by atoms with Gasteiger partial charge in [0.1, 0.15) is 11.6 Å². The van der Waals surface area contributed by atoms with Gasteiger partial charge in [0.25, 0.3) is 5.91 Å². The lowest BCUT2D eigenvalue weighted by Crippen LogP contribution is -2.49. The molecular formula is C18H14Cl2FN3O3S. The number of nitrogens with one attached hydrogen (secondary N) is 3. The van der Waals surface area contributed by atoms with E-state index in [0.717, 1.165) is 0 Å². The molecule has 0 bridgehead atoms. The van der Waals surface area contributed by atoms with Gasteiger partial charge in [-0.1, -0.05) is 35.3 Å². The minimum absolute atomic E-state index is 0.119. The highest BCUT2D eigenvalue weighted by atomic mass is 35.5. The van der Waals surface area contributed by atoms with Gasteiger partial charge in [-0.25, -0.2) is 4.39 Å². The van der Waals surface area contributed by atoms with Crippen molar-refractivity contribution in [2.75, 3.05) is 6.61 Å². The van der Waals surface area contributed by atoms with Crippen molar-refractivity contribution in [2.24, 2.45) is 0 Å². The van der Waals surface area contributed by atoms with Gasteiger partial charge in [0.05, 0.1) is 5.02 Å². The molecule has 2 rings (SSSR count). The third-order valence-electron chi connectivity index (χ3n) is 3.10. The molecule has 2 aromatic carbocycles. The first kappa shape index (κ1) is 21.6. The Balaban J connectivity index is 1.71. The molecule has 0 heterocycles. The average Bonchev–Trinajstić information content (AvgIpc) is 2.65. The fourth-order valence-electron chi connectivity index (χ4n) is 1.83. The maximum Gasteiger partial charge on any atom is 0.276 e. The zero-order valence-corrected chi connectivity index (χ0v) is 16.5. The standard InChI is InChI=1S/C18H14Cl2FN3O3S/c19-12-4-7-15(14(20)9-12)27-10-17(26)23-24-18(28)22-16(25)8-3-11-1-5-13(21)6-2-11/h1-9H,10H2,(H,23,26)(H2,22,24,25,28)/b8-3+. The Kier molecular flexibility index (Phi) is 8.19. The molecule has 0 unspecified atom stereocenters. The lowest BCUT2D eigenvalue weighted by molar-refractivity contribution is -0.123. The first-order valence-corrected chi connectivity index (χ1v) is 8.91. The number of rotatable bonds is 5. The summed E-state index contributed by atoms with van der Waals surface area (Å²) in [6, 6.07) is 10.2. The van der Waals surface area contributed by atoms with Crippen LogP contribution in [0.3, 0.4) is 0 Å². The van der Waals surface area contributed by atoms with Crippen molar-refractivity contribution in [2.45, 2.75) is 0 Å². The fraction of sp³-hybridized carbons (Fsp3) is 0.0556. The van der Waals surface area contributed by atoms with Gasteiger partial charge in [-0.05, 0) is 54.2 Å². The summed E-state index contributed by atoms with van der Waals surface area (Å²) in [5, 5.41) is 2.93. The van der Waals surface area contributed by atoms with Crippen LogP contribution in [-0.2, 0) is 9.59 Å². The Bertz CT molecular complexity index is 907. The second-order valence-electron chi connectivity index (χ2n) is 5.24. The molecule has 0 spiro atoms. The van der Waals surface area contributed by atoms with Crippen molar-refractivity contribution in [1.29, 1.82) is 0 Å². The summed E-state index contributed by atoms with van der Waals surface area (Å²) >= 11 is 16.6. The van der Waals surface area contributed by atoms with Crippen LogP contribution in [0.25, 0.3) is 6.08 Å². The van der Waals surface area contributed by atoms with Gasteiger partial charge in [0, 0.05) is 11.1 Å². The molecule has 2 amide bonds. The van der Waals surface area contributed by atoms with E-state index in [2.05, 4.69) is 16.2 Å². The topological polar surface area (TPSA) is 79.5 Å². The summed E-state index contributed by atoms with van der Waals surface area (Å²) in [4.78, 5) is 23.5. The summed E-state index contributed by atoms with van der Waals surface area (Å²) in [5.41, 5.74) is 5.27. The number of carbonyl (C=O) groups is 2. The smallest absolute Gasteiger partial charge is 0.276 e. The van der Waals surface area contributed by atoms with E-state index in [9.17, 15) is 14.0 Å². The summed E-state index contributed by atoms with van der Waals surface area (Å²) in [6.45, 7) is -0.338.